The number of hydrogen-bond donors (Lipinski definition) is 1. The lowest BCUT2D eigenvalue weighted by molar-refractivity contribution is -0.120. The fourth-order valence-electron chi connectivity index (χ4n) is 4.21. The van der Waals surface area contributed by atoms with Gasteiger partial charge in [0, 0.05) is 16.5 Å². The molecule has 0 bridgehead atoms. The molecule has 0 atom stereocenters. The summed E-state index contributed by atoms with van der Waals surface area (Å²) in [6, 6.07) is 14.4. The van der Waals surface area contributed by atoms with Crippen molar-refractivity contribution in [3.05, 3.63) is 69.5 Å². The Hall–Kier alpha value is -3.12. The van der Waals surface area contributed by atoms with Gasteiger partial charge in [-0.3, -0.25) is 9.59 Å². The second-order valence-electron chi connectivity index (χ2n) is 8.05. The largest absolute Gasteiger partial charge is 0.496 e. The van der Waals surface area contributed by atoms with Gasteiger partial charge in [-0.25, -0.2) is 4.68 Å². The standard InChI is InChI=1S/C25H26ClN3O3/c1-16-23(30)22(20-10-6-7-11-21(20)32-2)24(27-25(31)17-8-4-3-5-9-17)29(28-16)19-14-12-18(26)13-15-19/h6-7,10-15,17H,3-5,8-9H2,1-2H3,(H,27,31). The molecule has 2 aromatic carbocycles. The van der Waals surface area contributed by atoms with Crippen LogP contribution in [0.15, 0.2) is 53.3 Å². The number of aromatic nitrogens is 2. The Morgan fingerprint density at radius 1 is 1.09 bits per heavy atom. The van der Waals surface area contributed by atoms with Gasteiger partial charge in [-0.15, -0.1) is 0 Å². The maximum Gasteiger partial charge on any atom is 0.228 e. The number of rotatable bonds is 5. The number of methoxy groups -OCH3 is 1. The van der Waals surface area contributed by atoms with Gasteiger partial charge in [0.25, 0.3) is 0 Å². The third-order valence-corrected chi connectivity index (χ3v) is 6.17. The molecule has 0 spiro atoms. The number of aryl methyl sites for hydroxylation is 1. The Balaban J connectivity index is 1.94. The number of anilines is 1. The number of ether oxygens (including phenoxy) is 1. The van der Waals surface area contributed by atoms with Gasteiger partial charge in [-0.1, -0.05) is 49.1 Å². The zero-order chi connectivity index (χ0) is 22.7. The van der Waals surface area contributed by atoms with Gasteiger partial charge in [0.1, 0.15) is 17.3 Å². The first-order valence-electron chi connectivity index (χ1n) is 10.8. The highest BCUT2D eigenvalue weighted by Gasteiger charge is 2.26. The number of nitrogens with one attached hydrogen (secondary N) is 1. The third-order valence-electron chi connectivity index (χ3n) is 5.92. The van der Waals surface area contributed by atoms with E-state index in [1.165, 1.54) is 0 Å². The van der Waals surface area contributed by atoms with Crippen LogP contribution in [0.1, 0.15) is 37.8 Å². The molecule has 6 nitrogen and oxygen atoms in total. The lowest BCUT2D eigenvalue weighted by Crippen LogP contribution is -2.29. The normalized spacial score (nSPS) is 14.2. The van der Waals surface area contributed by atoms with Crippen LogP contribution in [0, 0.1) is 12.8 Å². The first kappa shape index (κ1) is 22.1. The second-order valence-corrected chi connectivity index (χ2v) is 8.49. The van der Waals surface area contributed by atoms with Gasteiger partial charge in [0.05, 0.1) is 18.4 Å². The summed E-state index contributed by atoms with van der Waals surface area (Å²) in [4.78, 5) is 26.6. The highest BCUT2D eigenvalue weighted by atomic mass is 35.5. The number of benzene rings is 2. The molecule has 1 N–H and O–H groups in total. The Morgan fingerprint density at radius 3 is 2.47 bits per heavy atom. The van der Waals surface area contributed by atoms with E-state index in [4.69, 9.17) is 16.3 Å². The molecular weight excluding hydrogens is 426 g/mol. The van der Waals surface area contributed by atoms with E-state index >= 15 is 0 Å². The van der Waals surface area contributed by atoms with Crippen LogP contribution in [0.2, 0.25) is 5.02 Å². The summed E-state index contributed by atoms with van der Waals surface area (Å²) >= 11 is 6.08. The van der Waals surface area contributed by atoms with Gasteiger partial charge in [-0.2, -0.15) is 5.10 Å². The first-order chi connectivity index (χ1) is 15.5. The summed E-state index contributed by atoms with van der Waals surface area (Å²) in [5.41, 5.74) is 1.71. The third kappa shape index (κ3) is 4.41. The Morgan fingerprint density at radius 2 is 1.78 bits per heavy atom. The maximum atomic E-state index is 13.3. The Bertz CT molecular complexity index is 1180. The van der Waals surface area contributed by atoms with E-state index in [1.54, 1.807) is 36.9 Å². The van der Waals surface area contributed by atoms with Crippen LogP contribution in [-0.4, -0.2) is 22.8 Å². The Labute approximate surface area is 192 Å². The molecule has 1 amide bonds. The maximum absolute atomic E-state index is 13.3. The zero-order valence-electron chi connectivity index (χ0n) is 18.2. The van der Waals surface area contributed by atoms with Crippen molar-refractivity contribution in [1.29, 1.82) is 0 Å². The van der Waals surface area contributed by atoms with Crippen LogP contribution in [0.5, 0.6) is 5.75 Å². The molecule has 0 radical (unpaired) electrons. The molecular formula is C25H26ClN3O3. The van der Waals surface area contributed by atoms with Crippen molar-refractivity contribution in [2.75, 3.05) is 12.4 Å². The number of carbonyl (C=O) groups is 1. The number of para-hydroxylation sites is 1. The predicted molar refractivity (Wildman–Crippen MR) is 127 cm³/mol. The molecule has 0 aliphatic heterocycles. The van der Waals surface area contributed by atoms with Gasteiger partial charge in [-0.05, 0) is 50.1 Å². The van der Waals surface area contributed by atoms with Gasteiger partial charge in [0.2, 0.25) is 11.3 Å². The molecule has 1 saturated carbocycles. The van der Waals surface area contributed by atoms with Crippen LogP contribution in [0.25, 0.3) is 16.8 Å². The molecule has 1 aromatic heterocycles. The predicted octanol–water partition coefficient (Wildman–Crippen LogP) is 5.39. The van der Waals surface area contributed by atoms with Crippen LogP contribution in [-0.2, 0) is 4.79 Å². The van der Waals surface area contributed by atoms with Crippen molar-refractivity contribution in [2.45, 2.75) is 39.0 Å². The summed E-state index contributed by atoms with van der Waals surface area (Å²) < 4.78 is 7.14. The van der Waals surface area contributed by atoms with Crippen LogP contribution < -0.4 is 15.5 Å². The van der Waals surface area contributed by atoms with E-state index in [2.05, 4.69) is 10.4 Å². The number of halogens is 1. The number of hydrogen-bond acceptors (Lipinski definition) is 4. The number of carbonyl (C=O) groups excluding carboxylic acids is 1. The van der Waals surface area contributed by atoms with Crippen molar-refractivity contribution in [3.8, 4) is 22.6 Å². The molecule has 166 valence electrons. The number of nitrogens with zero attached hydrogens (tertiary/aromatic N) is 2. The van der Waals surface area contributed by atoms with Gasteiger partial charge >= 0.3 is 0 Å². The Kier molecular flexibility index (Phi) is 6.61. The van der Waals surface area contributed by atoms with Crippen molar-refractivity contribution >= 4 is 23.3 Å². The average molecular weight is 452 g/mol. The van der Waals surface area contributed by atoms with Crippen LogP contribution in [0.3, 0.4) is 0 Å². The molecule has 0 unspecified atom stereocenters. The summed E-state index contributed by atoms with van der Waals surface area (Å²) in [6.45, 7) is 1.67. The van der Waals surface area contributed by atoms with Crippen molar-refractivity contribution in [3.63, 3.8) is 0 Å². The van der Waals surface area contributed by atoms with Crippen molar-refractivity contribution < 1.29 is 9.53 Å². The molecule has 32 heavy (non-hydrogen) atoms. The number of amides is 1. The summed E-state index contributed by atoms with van der Waals surface area (Å²) in [5, 5.41) is 8.16. The highest BCUT2D eigenvalue weighted by Crippen LogP contribution is 2.34. The summed E-state index contributed by atoms with van der Waals surface area (Å²) in [5.74, 6) is 0.715. The van der Waals surface area contributed by atoms with Crippen LogP contribution in [0.4, 0.5) is 5.82 Å². The van der Waals surface area contributed by atoms with E-state index < -0.39 is 0 Å². The minimum atomic E-state index is -0.251. The first-order valence-corrected chi connectivity index (χ1v) is 11.2. The lowest BCUT2D eigenvalue weighted by Gasteiger charge is -2.24. The topological polar surface area (TPSA) is 73.2 Å². The van der Waals surface area contributed by atoms with E-state index in [9.17, 15) is 9.59 Å². The van der Waals surface area contributed by atoms with Crippen molar-refractivity contribution in [1.82, 2.24) is 9.78 Å². The quantitative estimate of drug-likeness (QED) is 0.564. The van der Waals surface area contributed by atoms with Crippen molar-refractivity contribution in [2.24, 2.45) is 5.92 Å². The highest BCUT2D eigenvalue weighted by molar-refractivity contribution is 6.30. The zero-order valence-corrected chi connectivity index (χ0v) is 19.0. The van der Waals surface area contributed by atoms with E-state index in [0.29, 0.717) is 39.1 Å². The molecule has 7 heteroatoms. The molecule has 3 aromatic rings. The molecule has 1 aliphatic carbocycles. The summed E-state index contributed by atoms with van der Waals surface area (Å²) in [7, 11) is 1.56. The van der Waals surface area contributed by atoms with E-state index in [-0.39, 0.29) is 17.3 Å². The average Bonchev–Trinajstić information content (AvgIpc) is 2.82. The SMILES string of the molecule is COc1ccccc1-c1c(NC(=O)C2CCCCC2)n(-c2ccc(Cl)cc2)nc(C)c1=O. The molecule has 1 fully saturated rings. The molecule has 1 heterocycles. The van der Waals surface area contributed by atoms with E-state index in [1.807, 2.05) is 30.3 Å². The monoisotopic (exact) mass is 451 g/mol. The minimum absolute atomic E-state index is 0.0793. The second kappa shape index (κ2) is 9.57. The smallest absolute Gasteiger partial charge is 0.228 e. The fraction of sp³-hybridized carbons (Fsp3) is 0.320. The molecule has 1 aliphatic rings. The summed E-state index contributed by atoms with van der Waals surface area (Å²) in [6.07, 6.45) is 4.92. The molecule has 4 rings (SSSR count). The van der Waals surface area contributed by atoms with Gasteiger partial charge in [0.15, 0.2) is 0 Å². The lowest BCUT2D eigenvalue weighted by atomic mass is 9.88. The molecule has 0 saturated heterocycles. The van der Waals surface area contributed by atoms with E-state index in [0.717, 1.165) is 32.1 Å². The fourth-order valence-corrected chi connectivity index (χ4v) is 4.33. The van der Waals surface area contributed by atoms with Crippen LogP contribution >= 0.6 is 11.6 Å². The van der Waals surface area contributed by atoms with Gasteiger partial charge < -0.3 is 10.1 Å². The minimum Gasteiger partial charge on any atom is -0.496 e.